The van der Waals surface area contributed by atoms with Crippen molar-refractivity contribution in [2.45, 2.75) is 30.0 Å². The number of nitrogens with zero attached hydrogens (tertiary/aromatic N) is 1. The average Bonchev–Trinajstić information content (AvgIpc) is 3.10. The summed E-state index contributed by atoms with van der Waals surface area (Å²) in [5.74, 6) is 0.163. The molecule has 0 unspecified atom stereocenters. The van der Waals surface area contributed by atoms with Crippen molar-refractivity contribution in [1.82, 2.24) is 10.3 Å². The minimum absolute atomic E-state index is 0.0218. The van der Waals surface area contributed by atoms with Gasteiger partial charge in [0.25, 0.3) is 9.70 Å². The molecule has 1 amide bonds. The van der Waals surface area contributed by atoms with E-state index in [4.69, 9.17) is 51.4 Å². The lowest BCUT2D eigenvalue weighted by Crippen LogP contribution is -2.41. The Morgan fingerprint density at radius 3 is 2.52 bits per heavy atom. The molecule has 0 fully saturated rings. The van der Waals surface area contributed by atoms with Crippen LogP contribution in [-0.4, -0.2) is 19.8 Å². The maximum absolute atomic E-state index is 11.6. The van der Waals surface area contributed by atoms with Gasteiger partial charge in [-0.05, 0) is 66.5 Å². The molecule has 0 radical (unpaired) electrons. The lowest BCUT2D eigenvalue weighted by molar-refractivity contribution is -0.118. The standard InChI is InChI=1S/C20H18Cl3N3O2S/c1-3-11(2)13-6-9-16-15(10-13)25-17(28-16)12-4-7-14(8-5-12)24-19(29)26-18(27)20(21,22)23/h4-11H,3H2,1-2H3,(H2,24,26,27,29)/t11-/m1/s1. The Kier molecular flexibility index (Phi) is 6.69. The van der Waals surface area contributed by atoms with Gasteiger partial charge in [-0.15, -0.1) is 0 Å². The normalized spacial score (nSPS) is 12.6. The molecule has 1 heterocycles. The number of alkyl halides is 3. The van der Waals surface area contributed by atoms with Crippen molar-refractivity contribution in [3.8, 4) is 11.5 Å². The Bertz CT molecular complexity index is 1050. The molecule has 0 spiro atoms. The number of rotatable bonds is 4. The molecule has 1 aromatic heterocycles. The highest BCUT2D eigenvalue weighted by molar-refractivity contribution is 7.80. The summed E-state index contributed by atoms with van der Waals surface area (Å²) < 4.78 is 3.79. The number of hydrogen-bond donors (Lipinski definition) is 2. The van der Waals surface area contributed by atoms with Crippen molar-refractivity contribution in [2.75, 3.05) is 5.32 Å². The summed E-state index contributed by atoms with van der Waals surface area (Å²) in [6.07, 6.45) is 1.06. The molecule has 0 aliphatic carbocycles. The predicted octanol–water partition coefficient (Wildman–Crippen LogP) is 6.19. The van der Waals surface area contributed by atoms with E-state index in [1.54, 1.807) is 12.1 Å². The van der Waals surface area contributed by atoms with E-state index >= 15 is 0 Å². The van der Waals surface area contributed by atoms with Crippen LogP contribution in [0.15, 0.2) is 46.9 Å². The van der Waals surface area contributed by atoms with Gasteiger partial charge in [0.2, 0.25) is 5.89 Å². The Morgan fingerprint density at radius 2 is 1.90 bits per heavy atom. The lowest BCUT2D eigenvalue weighted by Gasteiger charge is -2.13. The van der Waals surface area contributed by atoms with Gasteiger partial charge in [-0.3, -0.25) is 10.1 Å². The van der Waals surface area contributed by atoms with Crippen LogP contribution in [0.1, 0.15) is 31.7 Å². The van der Waals surface area contributed by atoms with Crippen molar-refractivity contribution in [1.29, 1.82) is 0 Å². The molecule has 152 valence electrons. The molecule has 5 nitrogen and oxygen atoms in total. The van der Waals surface area contributed by atoms with Crippen LogP contribution >= 0.6 is 47.0 Å². The summed E-state index contributed by atoms with van der Waals surface area (Å²) >= 11 is 21.6. The van der Waals surface area contributed by atoms with Gasteiger partial charge < -0.3 is 9.73 Å². The molecular formula is C20H18Cl3N3O2S. The molecule has 2 aromatic carbocycles. The zero-order valence-electron chi connectivity index (χ0n) is 15.6. The van der Waals surface area contributed by atoms with Crippen LogP contribution in [0.3, 0.4) is 0 Å². The Morgan fingerprint density at radius 1 is 1.21 bits per heavy atom. The number of anilines is 1. The Hall–Kier alpha value is -1.86. The topological polar surface area (TPSA) is 67.2 Å². The van der Waals surface area contributed by atoms with Crippen LogP contribution in [0.25, 0.3) is 22.6 Å². The van der Waals surface area contributed by atoms with Gasteiger partial charge in [-0.25, -0.2) is 4.98 Å². The molecular weight excluding hydrogens is 453 g/mol. The summed E-state index contributed by atoms with van der Waals surface area (Å²) in [7, 11) is 0. The smallest absolute Gasteiger partial charge is 0.278 e. The first kappa shape index (κ1) is 21.8. The van der Waals surface area contributed by atoms with Gasteiger partial charge in [-0.2, -0.15) is 0 Å². The van der Waals surface area contributed by atoms with Gasteiger partial charge in [-0.1, -0.05) is 54.7 Å². The van der Waals surface area contributed by atoms with E-state index in [-0.39, 0.29) is 5.11 Å². The van der Waals surface area contributed by atoms with Crippen molar-refractivity contribution in [2.24, 2.45) is 0 Å². The quantitative estimate of drug-likeness (QED) is 0.351. The summed E-state index contributed by atoms with van der Waals surface area (Å²) in [4.78, 5) is 16.2. The highest BCUT2D eigenvalue weighted by Gasteiger charge is 2.31. The second-order valence-corrected chi connectivity index (χ2v) is 9.23. The fourth-order valence-corrected chi connectivity index (χ4v) is 2.99. The number of oxazole rings is 1. The van der Waals surface area contributed by atoms with Crippen LogP contribution < -0.4 is 10.6 Å². The maximum Gasteiger partial charge on any atom is 0.278 e. The van der Waals surface area contributed by atoms with E-state index < -0.39 is 9.70 Å². The van der Waals surface area contributed by atoms with Crippen molar-refractivity contribution < 1.29 is 9.21 Å². The molecule has 0 aliphatic heterocycles. The third kappa shape index (κ3) is 5.39. The molecule has 2 N–H and O–H groups in total. The molecule has 0 bridgehead atoms. The minimum atomic E-state index is -2.09. The number of fused-ring (bicyclic) bond motifs is 1. The third-order valence-corrected chi connectivity index (χ3v) is 5.19. The van der Waals surface area contributed by atoms with Crippen LogP contribution in [0, 0.1) is 0 Å². The monoisotopic (exact) mass is 469 g/mol. The number of thiocarbonyl (C=S) groups is 1. The highest BCUT2D eigenvalue weighted by Crippen LogP contribution is 2.29. The number of amides is 1. The number of carbonyl (C=O) groups is 1. The molecule has 1 atom stereocenters. The molecule has 0 saturated carbocycles. The number of hydrogen-bond acceptors (Lipinski definition) is 4. The fraction of sp³-hybridized carbons (Fsp3) is 0.250. The molecule has 3 rings (SSSR count). The van der Waals surface area contributed by atoms with Crippen molar-refractivity contribution in [3.63, 3.8) is 0 Å². The van der Waals surface area contributed by atoms with Gasteiger partial charge in [0, 0.05) is 11.3 Å². The maximum atomic E-state index is 11.6. The summed E-state index contributed by atoms with van der Waals surface area (Å²) in [5, 5.41) is 5.18. The first-order valence-corrected chi connectivity index (χ1v) is 10.4. The van der Waals surface area contributed by atoms with E-state index in [2.05, 4.69) is 41.6 Å². The lowest BCUT2D eigenvalue weighted by atomic mass is 9.98. The van der Waals surface area contributed by atoms with Crippen LogP contribution in [0.5, 0.6) is 0 Å². The van der Waals surface area contributed by atoms with Crippen LogP contribution in [0.2, 0.25) is 0 Å². The predicted molar refractivity (Wildman–Crippen MR) is 123 cm³/mol. The van der Waals surface area contributed by atoms with Gasteiger partial charge >= 0.3 is 0 Å². The van der Waals surface area contributed by atoms with Crippen molar-refractivity contribution >= 4 is 74.8 Å². The number of benzene rings is 2. The second kappa shape index (κ2) is 8.88. The molecule has 0 saturated heterocycles. The van der Waals surface area contributed by atoms with Crippen LogP contribution in [-0.2, 0) is 4.79 Å². The molecule has 3 aromatic rings. The molecule has 0 aliphatic rings. The zero-order valence-corrected chi connectivity index (χ0v) is 18.7. The average molecular weight is 471 g/mol. The second-order valence-electron chi connectivity index (χ2n) is 6.54. The van der Waals surface area contributed by atoms with E-state index in [1.807, 2.05) is 18.2 Å². The van der Waals surface area contributed by atoms with E-state index in [0.717, 1.165) is 23.1 Å². The Balaban J connectivity index is 1.73. The summed E-state index contributed by atoms with van der Waals surface area (Å²) in [6, 6.07) is 13.3. The summed E-state index contributed by atoms with van der Waals surface area (Å²) in [6.45, 7) is 4.35. The SMILES string of the molecule is CC[C@@H](C)c1ccc2oc(-c3ccc(NC(=S)NC(=O)C(Cl)(Cl)Cl)cc3)nc2c1. The van der Waals surface area contributed by atoms with Gasteiger partial charge in [0.05, 0.1) is 0 Å². The van der Waals surface area contributed by atoms with E-state index in [0.29, 0.717) is 17.5 Å². The van der Waals surface area contributed by atoms with E-state index in [1.165, 1.54) is 5.56 Å². The summed E-state index contributed by atoms with van der Waals surface area (Å²) in [5.41, 5.74) is 4.27. The first-order valence-electron chi connectivity index (χ1n) is 8.87. The zero-order chi connectivity index (χ0) is 21.2. The highest BCUT2D eigenvalue weighted by atomic mass is 35.6. The fourth-order valence-electron chi connectivity index (χ4n) is 2.64. The van der Waals surface area contributed by atoms with Gasteiger partial charge in [0.1, 0.15) is 5.52 Å². The number of carbonyl (C=O) groups excluding carboxylic acids is 1. The minimum Gasteiger partial charge on any atom is -0.436 e. The Labute approximate surface area is 188 Å². The third-order valence-electron chi connectivity index (χ3n) is 4.47. The molecule has 9 heteroatoms. The number of aromatic nitrogens is 1. The molecule has 29 heavy (non-hydrogen) atoms. The number of halogens is 3. The first-order chi connectivity index (χ1) is 13.7. The van der Waals surface area contributed by atoms with E-state index in [9.17, 15) is 4.79 Å². The van der Waals surface area contributed by atoms with Crippen LogP contribution in [0.4, 0.5) is 5.69 Å². The van der Waals surface area contributed by atoms with Crippen molar-refractivity contribution in [3.05, 3.63) is 48.0 Å². The van der Waals surface area contributed by atoms with Gasteiger partial charge in [0.15, 0.2) is 10.7 Å². The number of nitrogens with one attached hydrogen (secondary N) is 2. The largest absolute Gasteiger partial charge is 0.436 e.